The van der Waals surface area contributed by atoms with Crippen molar-refractivity contribution in [3.8, 4) is 16.9 Å². The van der Waals surface area contributed by atoms with Crippen LogP contribution in [0.4, 0.5) is 0 Å². The molecule has 2 heteroatoms. The van der Waals surface area contributed by atoms with Crippen molar-refractivity contribution in [2.24, 2.45) is 17.8 Å². The summed E-state index contributed by atoms with van der Waals surface area (Å²) < 4.78 is 6.81. The van der Waals surface area contributed by atoms with Crippen molar-refractivity contribution in [2.75, 3.05) is 19.6 Å². The lowest BCUT2D eigenvalue weighted by atomic mass is 9.58. The second-order valence-electron chi connectivity index (χ2n) is 8.33. The normalized spacial score (nSPS) is 38.3. The van der Waals surface area contributed by atoms with Crippen LogP contribution in [0, 0.1) is 17.8 Å². The lowest BCUT2D eigenvalue weighted by molar-refractivity contribution is -0.158. The number of rotatable bonds is 1. The van der Waals surface area contributed by atoms with Crippen molar-refractivity contribution in [3.63, 3.8) is 0 Å². The van der Waals surface area contributed by atoms with Gasteiger partial charge in [0.15, 0.2) is 0 Å². The molecule has 3 saturated heterocycles. The van der Waals surface area contributed by atoms with Crippen LogP contribution >= 0.6 is 0 Å². The van der Waals surface area contributed by atoms with Crippen LogP contribution < -0.4 is 4.74 Å². The van der Waals surface area contributed by atoms with Gasteiger partial charge in [-0.2, -0.15) is 0 Å². The van der Waals surface area contributed by atoms with Gasteiger partial charge in [0.05, 0.1) is 0 Å². The third kappa shape index (κ3) is 1.70. The molecule has 2 aromatic carbocycles. The zero-order chi connectivity index (χ0) is 15.7. The molecule has 1 spiro atoms. The molecular formula is C22H23NO. The quantitative estimate of drug-likeness (QED) is 0.788. The van der Waals surface area contributed by atoms with Crippen LogP contribution in [0.25, 0.3) is 11.1 Å². The third-order valence-electron chi connectivity index (χ3n) is 7.06. The summed E-state index contributed by atoms with van der Waals surface area (Å²) in [5, 5.41) is 0. The zero-order valence-electron chi connectivity index (χ0n) is 13.9. The first-order valence-corrected chi connectivity index (χ1v) is 9.40. The minimum absolute atomic E-state index is 0.0840. The number of fused-ring (bicyclic) bond motifs is 1. The smallest absolute Gasteiger partial charge is 0.124 e. The van der Waals surface area contributed by atoms with Crippen molar-refractivity contribution in [1.29, 1.82) is 0 Å². The minimum atomic E-state index is 0.0840. The molecule has 5 aliphatic rings. The van der Waals surface area contributed by atoms with Crippen molar-refractivity contribution < 1.29 is 4.74 Å². The van der Waals surface area contributed by atoms with Crippen LogP contribution in [0.3, 0.4) is 0 Å². The number of nitrogens with zero attached hydrogens (tertiary/aromatic N) is 1. The Morgan fingerprint density at radius 2 is 1.67 bits per heavy atom. The molecule has 0 radical (unpaired) electrons. The van der Waals surface area contributed by atoms with E-state index in [4.69, 9.17) is 4.74 Å². The Morgan fingerprint density at radius 3 is 2.42 bits per heavy atom. The zero-order valence-corrected chi connectivity index (χ0v) is 13.9. The molecule has 0 N–H and O–H groups in total. The summed E-state index contributed by atoms with van der Waals surface area (Å²) in [6, 6.07) is 17.5. The van der Waals surface area contributed by atoms with Crippen LogP contribution in [0.5, 0.6) is 5.75 Å². The molecule has 1 saturated carbocycles. The number of ether oxygens (including phenoxy) is 1. The number of hydrogen-bond donors (Lipinski definition) is 0. The monoisotopic (exact) mass is 317 g/mol. The molecule has 4 unspecified atom stereocenters. The summed E-state index contributed by atoms with van der Waals surface area (Å²) in [5.41, 5.74) is 4.23. The standard InChI is InChI=1S/C22H23NO/c1-2-5-16(6-3-1)19-7-4-8-21-20(19)11-22(24-21)17-9-15-10-18(22)14-23(12-15)13-17/h1-8,15,17-18H,9-14H2/t15?,17-,18?,22?/m1/s1. The Balaban J connectivity index is 1.44. The van der Waals surface area contributed by atoms with Crippen molar-refractivity contribution in [2.45, 2.75) is 24.9 Å². The fourth-order valence-electron chi connectivity index (χ4n) is 6.16. The van der Waals surface area contributed by atoms with E-state index < -0.39 is 0 Å². The van der Waals surface area contributed by atoms with E-state index in [-0.39, 0.29) is 5.60 Å². The molecule has 7 rings (SSSR count). The number of hydrogen-bond acceptors (Lipinski definition) is 2. The molecule has 4 aliphatic heterocycles. The first kappa shape index (κ1) is 13.5. The highest BCUT2D eigenvalue weighted by molar-refractivity contribution is 5.71. The van der Waals surface area contributed by atoms with Crippen LogP contribution in [-0.2, 0) is 6.42 Å². The molecule has 122 valence electrons. The van der Waals surface area contributed by atoms with Crippen LogP contribution in [0.2, 0.25) is 0 Å². The second kappa shape index (κ2) is 4.64. The van der Waals surface area contributed by atoms with Gasteiger partial charge in [-0.05, 0) is 36.0 Å². The first-order valence-electron chi connectivity index (χ1n) is 9.40. The minimum Gasteiger partial charge on any atom is -0.486 e. The van der Waals surface area contributed by atoms with E-state index in [0.29, 0.717) is 0 Å². The van der Waals surface area contributed by atoms with Crippen molar-refractivity contribution >= 4 is 0 Å². The largest absolute Gasteiger partial charge is 0.486 e. The highest BCUT2D eigenvalue weighted by Crippen LogP contribution is 2.56. The molecule has 5 atom stereocenters. The molecule has 1 aliphatic carbocycles. The summed E-state index contributed by atoms with van der Waals surface area (Å²) in [4.78, 5) is 2.70. The lowest BCUT2D eigenvalue weighted by Gasteiger charge is -2.60. The average Bonchev–Trinajstić information content (AvgIpc) is 3.00. The van der Waals surface area contributed by atoms with Gasteiger partial charge in [-0.25, -0.2) is 0 Å². The summed E-state index contributed by atoms with van der Waals surface area (Å²) in [7, 11) is 0. The lowest BCUT2D eigenvalue weighted by Crippen LogP contribution is -2.68. The Bertz CT molecular complexity index is 769. The Labute approximate surface area is 143 Å². The molecular weight excluding hydrogens is 294 g/mol. The van der Waals surface area contributed by atoms with Crippen LogP contribution in [0.15, 0.2) is 48.5 Å². The second-order valence-corrected chi connectivity index (χ2v) is 8.33. The maximum Gasteiger partial charge on any atom is 0.124 e. The topological polar surface area (TPSA) is 12.5 Å². The molecule has 2 aromatic rings. The summed E-state index contributed by atoms with van der Waals surface area (Å²) in [5.74, 6) is 3.52. The van der Waals surface area contributed by atoms with Gasteiger partial charge in [0.1, 0.15) is 11.4 Å². The van der Waals surface area contributed by atoms with Crippen LogP contribution in [-0.4, -0.2) is 30.1 Å². The molecule has 2 nitrogen and oxygen atoms in total. The highest BCUT2D eigenvalue weighted by Gasteiger charge is 2.60. The molecule has 4 heterocycles. The summed E-state index contributed by atoms with van der Waals surface area (Å²) in [6.45, 7) is 3.84. The maximum absolute atomic E-state index is 6.81. The van der Waals surface area contributed by atoms with Gasteiger partial charge >= 0.3 is 0 Å². The van der Waals surface area contributed by atoms with Gasteiger partial charge in [-0.3, -0.25) is 0 Å². The predicted molar refractivity (Wildman–Crippen MR) is 95.1 cm³/mol. The SMILES string of the molecule is c1ccc(-c2cccc3c2CC2(O3)C3CC4C[C@@H]2CN(C4)C3)cc1. The third-order valence-corrected chi connectivity index (χ3v) is 7.06. The molecule has 24 heavy (non-hydrogen) atoms. The predicted octanol–water partition coefficient (Wildman–Crippen LogP) is 4.00. The summed E-state index contributed by atoms with van der Waals surface area (Å²) in [6.07, 6.45) is 3.87. The average molecular weight is 317 g/mol. The van der Waals surface area contributed by atoms with Gasteiger partial charge in [0.2, 0.25) is 0 Å². The van der Waals surface area contributed by atoms with Gasteiger partial charge in [0.25, 0.3) is 0 Å². The van der Waals surface area contributed by atoms with Gasteiger partial charge in [0, 0.05) is 43.5 Å². The Kier molecular flexibility index (Phi) is 2.60. The van der Waals surface area contributed by atoms with Crippen molar-refractivity contribution in [1.82, 2.24) is 4.90 Å². The van der Waals surface area contributed by atoms with E-state index in [1.807, 2.05) is 0 Å². The summed E-state index contributed by atoms with van der Waals surface area (Å²) >= 11 is 0. The molecule has 4 fully saturated rings. The van der Waals surface area contributed by atoms with Gasteiger partial charge in [-0.15, -0.1) is 0 Å². The van der Waals surface area contributed by atoms with E-state index in [9.17, 15) is 0 Å². The number of benzene rings is 2. The Hall–Kier alpha value is -1.80. The van der Waals surface area contributed by atoms with E-state index in [0.717, 1.165) is 29.9 Å². The van der Waals surface area contributed by atoms with E-state index in [1.54, 1.807) is 0 Å². The first-order chi connectivity index (χ1) is 11.8. The molecule has 4 bridgehead atoms. The van der Waals surface area contributed by atoms with Crippen LogP contribution in [0.1, 0.15) is 18.4 Å². The maximum atomic E-state index is 6.81. The number of piperidine rings is 3. The van der Waals surface area contributed by atoms with E-state index in [1.165, 1.54) is 49.2 Å². The Morgan fingerprint density at radius 1 is 0.875 bits per heavy atom. The van der Waals surface area contributed by atoms with Crippen molar-refractivity contribution in [3.05, 3.63) is 54.1 Å². The van der Waals surface area contributed by atoms with Gasteiger partial charge in [-0.1, -0.05) is 42.5 Å². The van der Waals surface area contributed by atoms with E-state index in [2.05, 4.69) is 53.4 Å². The highest BCUT2D eigenvalue weighted by atomic mass is 16.5. The molecule has 0 amide bonds. The van der Waals surface area contributed by atoms with E-state index >= 15 is 0 Å². The van der Waals surface area contributed by atoms with Gasteiger partial charge < -0.3 is 9.64 Å². The fourth-order valence-corrected chi connectivity index (χ4v) is 6.16. The fraction of sp³-hybridized carbons (Fsp3) is 0.455. The molecule has 0 aromatic heterocycles.